The number of nitrogens with one attached hydrogen (secondary N) is 1. The summed E-state index contributed by atoms with van der Waals surface area (Å²) in [7, 11) is 4.69. The average Bonchev–Trinajstić information content (AvgIpc) is 2.73. The molecule has 0 radical (unpaired) electrons. The summed E-state index contributed by atoms with van der Waals surface area (Å²) in [5.74, 6) is 1.35. The van der Waals surface area contributed by atoms with Crippen molar-refractivity contribution in [1.82, 2.24) is 5.32 Å². The molecule has 1 aliphatic heterocycles. The number of rotatable bonds is 5. The summed E-state index contributed by atoms with van der Waals surface area (Å²) in [5, 5.41) is 12.5. The minimum absolute atomic E-state index is 0.0720. The molecule has 0 spiro atoms. The molecular weight excluding hydrogens is 378 g/mol. The summed E-state index contributed by atoms with van der Waals surface area (Å²) in [6.07, 6.45) is -0.657. The summed E-state index contributed by atoms with van der Waals surface area (Å²) in [5.41, 5.74) is 1.31. The lowest BCUT2D eigenvalue weighted by Gasteiger charge is -2.38. The zero-order valence-electron chi connectivity index (χ0n) is 15.6. The van der Waals surface area contributed by atoms with Crippen molar-refractivity contribution in [1.29, 1.82) is 5.26 Å². The Bertz CT molecular complexity index is 966. The predicted molar refractivity (Wildman–Crippen MR) is 108 cm³/mol. The van der Waals surface area contributed by atoms with Crippen LogP contribution in [-0.2, 0) is 4.79 Å². The lowest BCUT2D eigenvalue weighted by atomic mass is 10.1. The number of methoxy groups -OCH3 is 3. The average molecular weight is 397 g/mol. The van der Waals surface area contributed by atoms with Gasteiger partial charge in [-0.1, -0.05) is 0 Å². The van der Waals surface area contributed by atoms with Crippen LogP contribution in [0.4, 0.5) is 5.69 Å². The van der Waals surface area contributed by atoms with Crippen LogP contribution in [0.5, 0.6) is 17.2 Å². The quantitative estimate of drug-likeness (QED) is 0.755. The van der Waals surface area contributed by atoms with E-state index in [-0.39, 0.29) is 10.6 Å². The number of carbonyl (C=O) groups excluding carboxylic acids is 1. The van der Waals surface area contributed by atoms with Gasteiger partial charge in [-0.3, -0.25) is 4.79 Å². The van der Waals surface area contributed by atoms with E-state index in [0.717, 1.165) is 0 Å². The zero-order chi connectivity index (χ0) is 20.3. The van der Waals surface area contributed by atoms with Gasteiger partial charge in [0, 0.05) is 11.3 Å². The van der Waals surface area contributed by atoms with Crippen molar-refractivity contribution >= 4 is 24.2 Å². The number of hydrogen-bond acceptors (Lipinski definition) is 7. The largest absolute Gasteiger partial charge is 0.497 e. The van der Waals surface area contributed by atoms with Crippen LogP contribution in [-0.4, -0.2) is 27.2 Å². The Morgan fingerprint density at radius 1 is 1.04 bits per heavy atom. The van der Waals surface area contributed by atoms with Gasteiger partial charge in [-0.2, -0.15) is 5.26 Å². The van der Waals surface area contributed by atoms with Crippen molar-refractivity contribution in [3.63, 3.8) is 0 Å². The topological polar surface area (TPSA) is 83.8 Å². The van der Waals surface area contributed by atoms with Gasteiger partial charge in [-0.25, -0.2) is 0 Å². The molecule has 2 aromatic carbocycles. The molecule has 0 aromatic heterocycles. The number of ether oxygens (including phenoxy) is 3. The first kappa shape index (κ1) is 19.5. The van der Waals surface area contributed by atoms with Gasteiger partial charge in [0.1, 0.15) is 35.1 Å². The van der Waals surface area contributed by atoms with Crippen LogP contribution in [0, 0.1) is 11.3 Å². The Hall–Kier alpha value is -3.31. The maximum atomic E-state index is 12.5. The highest BCUT2D eigenvalue weighted by Crippen LogP contribution is 2.40. The van der Waals surface area contributed by atoms with Gasteiger partial charge in [-0.05, 0) is 42.5 Å². The van der Waals surface area contributed by atoms with Crippen molar-refractivity contribution in [2.24, 2.45) is 0 Å². The van der Waals surface area contributed by atoms with Crippen LogP contribution in [0.25, 0.3) is 0 Å². The molecule has 0 aliphatic carbocycles. The number of hydrogen-bond donors (Lipinski definition) is 2. The van der Waals surface area contributed by atoms with Gasteiger partial charge < -0.3 is 24.4 Å². The van der Waals surface area contributed by atoms with Gasteiger partial charge in [0.25, 0.3) is 5.91 Å². The second kappa shape index (κ2) is 8.15. The van der Waals surface area contributed by atoms with Gasteiger partial charge in [0.2, 0.25) is 0 Å². The van der Waals surface area contributed by atoms with Crippen LogP contribution >= 0.6 is 12.6 Å². The van der Waals surface area contributed by atoms with Crippen molar-refractivity contribution in [2.45, 2.75) is 6.17 Å². The molecule has 0 fully saturated rings. The van der Waals surface area contributed by atoms with Crippen molar-refractivity contribution in [3.05, 3.63) is 58.6 Å². The molecule has 144 valence electrons. The number of nitrogens with zero attached hydrogens (tertiary/aromatic N) is 2. The van der Waals surface area contributed by atoms with E-state index >= 15 is 0 Å². The molecule has 2 aromatic rings. The van der Waals surface area contributed by atoms with E-state index in [9.17, 15) is 10.1 Å². The van der Waals surface area contributed by atoms with Gasteiger partial charge in [-0.15, -0.1) is 12.6 Å². The Labute approximate surface area is 168 Å². The fraction of sp³-hybridized carbons (Fsp3) is 0.200. The maximum Gasteiger partial charge on any atom is 0.266 e. The van der Waals surface area contributed by atoms with Gasteiger partial charge in [0.15, 0.2) is 0 Å². The van der Waals surface area contributed by atoms with Crippen LogP contribution in [0.15, 0.2) is 53.1 Å². The molecule has 3 rings (SSSR count). The van der Waals surface area contributed by atoms with Gasteiger partial charge >= 0.3 is 0 Å². The van der Waals surface area contributed by atoms with Crippen LogP contribution in [0.2, 0.25) is 0 Å². The lowest BCUT2D eigenvalue weighted by molar-refractivity contribution is -0.118. The summed E-state index contributed by atoms with van der Waals surface area (Å²) in [6, 6.07) is 14.4. The minimum atomic E-state index is -0.657. The lowest BCUT2D eigenvalue weighted by Crippen LogP contribution is -2.46. The summed E-state index contributed by atoms with van der Waals surface area (Å²) in [6.45, 7) is 0. The number of carbonyl (C=O) groups is 1. The maximum absolute atomic E-state index is 12.5. The molecule has 0 saturated carbocycles. The number of anilines is 1. The normalized spacial score (nSPS) is 16.3. The van der Waals surface area contributed by atoms with E-state index in [2.05, 4.69) is 17.9 Å². The third kappa shape index (κ3) is 3.44. The number of amides is 1. The monoisotopic (exact) mass is 397 g/mol. The third-order valence-corrected chi connectivity index (χ3v) is 4.84. The molecule has 0 saturated heterocycles. The van der Waals surface area contributed by atoms with Gasteiger partial charge in [0.05, 0.1) is 26.4 Å². The van der Waals surface area contributed by atoms with E-state index in [4.69, 9.17) is 14.2 Å². The standard InChI is InChI=1S/C20H19N3O4S/c1-25-13-6-4-12(5-7-13)23-18(22-19(24)16(11-21)20(23)28)15-10-14(26-2)8-9-17(15)27-3/h4-10,18,28H,1-3H3,(H,22,24)/t18-/m1/s1. The minimum Gasteiger partial charge on any atom is -0.497 e. The molecular formula is C20H19N3O4S. The molecule has 1 atom stereocenters. The molecule has 0 unspecified atom stereocenters. The second-order valence-corrected chi connectivity index (χ2v) is 6.29. The van der Waals surface area contributed by atoms with E-state index in [0.29, 0.717) is 28.5 Å². The molecule has 1 N–H and O–H groups in total. The molecule has 1 heterocycles. The predicted octanol–water partition coefficient (Wildman–Crippen LogP) is 3.01. The van der Waals surface area contributed by atoms with E-state index in [1.54, 1.807) is 56.6 Å². The van der Waals surface area contributed by atoms with Crippen molar-refractivity contribution in [3.8, 4) is 23.3 Å². The van der Waals surface area contributed by atoms with E-state index < -0.39 is 12.1 Å². The van der Waals surface area contributed by atoms with Crippen molar-refractivity contribution < 1.29 is 19.0 Å². The number of benzene rings is 2. The highest BCUT2D eigenvalue weighted by Gasteiger charge is 2.35. The van der Waals surface area contributed by atoms with E-state index in [1.165, 1.54) is 0 Å². The second-order valence-electron chi connectivity index (χ2n) is 5.86. The first-order valence-corrected chi connectivity index (χ1v) is 8.78. The van der Waals surface area contributed by atoms with Crippen LogP contribution in [0.1, 0.15) is 11.7 Å². The molecule has 7 nitrogen and oxygen atoms in total. The Morgan fingerprint density at radius 3 is 2.25 bits per heavy atom. The Morgan fingerprint density at radius 2 is 1.68 bits per heavy atom. The fourth-order valence-corrected chi connectivity index (χ4v) is 3.37. The highest BCUT2D eigenvalue weighted by atomic mass is 32.1. The third-order valence-electron chi connectivity index (χ3n) is 4.40. The molecule has 8 heteroatoms. The first-order valence-electron chi connectivity index (χ1n) is 8.33. The zero-order valence-corrected chi connectivity index (χ0v) is 16.5. The molecule has 1 amide bonds. The van der Waals surface area contributed by atoms with Crippen LogP contribution < -0.4 is 24.4 Å². The number of thiol groups is 1. The van der Waals surface area contributed by atoms with Crippen LogP contribution in [0.3, 0.4) is 0 Å². The number of nitriles is 1. The Kier molecular flexibility index (Phi) is 5.66. The van der Waals surface area contributed by atoms with Crippen molar-refractivity contribution in [2.75, 3.05) is 26.2 Å². The summed E-state index contributed by atoms with van der Waals surface area (Å²) >= 11 is 4.49. The first-order chi connectivity index (χ1) is 13.5. The summed E-state index contributed by atoms with van der Waals surface area (Å²) in [4.78, 5) is 14.2. The molecule has 28 heavy (non-hydrogen) atoms. The highest BCUT2D eigenvalue weighted by molar-refractivity contribution is 7.84. The van der Waals surface area contributed by atoms with E-state index in [1.807, 2.05) is 18.2 Å². The Balaban J connectivity index is 2.19. The summed E-state index contributed by atoms with van der Waals surface area (Å²) < 4.78 is 16.0. The molecule has 0 bridgehead atoms. The fourth-order valence-electron chi connectivity index (χ4n) is 2.99. The smallest absolute Gasteiger partial charge is 0.266 e. The molecule has 1 aliphatic rings. The SMILES string of the molecule is COc1ccc(N2C(S)=C(C#N)C(=O)N[C@H]2c2cc(OC)ccc2OC)cc1.